The summed E-state index contributed by atoms with van der Waals surface area (Å²) in [5.41, 5.74) is 3.32. The van der Waals surface area contributed by atoms with E-state index in [0.717, 1.165) is 22.4 Å². The first kappa shape index (κ1) is 11.5. The van der Waals surface area contributed by atoms with E-state index in [0.29, 0.717) is 6.61 Å². The third kappa shape index (κ3) is 2.83. The summed E-state index contributed by atoms with van der Waals surface area (Å²) >= 11 is 0. The first-order valence-electron chi connectivity index (χ1n) is 6.18. The minimum atomic E-state index is 0.579. The summed E-state index contributed by atoms with van der Waals surface area (Å²) in [6, 6.07) is 18.2. The van der Waals surface area contributed by atoms with Crippen LogP contribution >= 0.6 is 0 Å². The number of nitrogens with zero attached hydrogens (tertiary/aromatic N) is 1. The van der Waals surface area contributed by atoms with Crippen molar-refractivity contribution >= 4 is 0 Å². The number of aromatic amines is 1. The van der Waals surface area contributed by atoms with Gasteiger partial charge in [0.15, 0.2) is 0 Å². The van der Waals surface area contributed by atoms with Crippen LogP contribution in [0.3, 0.4) is 0 Å². The molecule has 1 aromatic heterocycles. The Labute approximate surface area is 111 Å². The summed E-state index contributed by atoms with van der Waals surface area (Å²) in [6.45, 7) is 0.579. The average molecular weight is 250 g/mol. The molecule has 0 saturated carbocycles. The van der Waals surface area contributed by atoms with Gasteiger partial charge in [-0.3, -0.25) is 5.10 Å². The first-order valence-corrected chi connectivity index (χ1v) is 6.18. The van der Waals surface area contributed by atoms with Crippen LogP contribution in [0.2, 0.25) is 0 Å². The molecule has 0 bridgehead atoms. The molecule has 3 aromatic rings. The summed E-state index contributed by atoms with van der Waals surface area (Å²) in [6.07, 6.45) is 3.67. The lowest BCUT2D eigenvalue weighted by atomic mass is 10.1. The average Bonchev–Trinajstić information content (AvgIpc) is 3.01. The van der Waals surface area contributed by atoms with Crippen LogP contribution in [0, 0.1) is 0 Å². The molecule has 2 aromatic carbocycles. The van der Waals surface area contributed by atoms with E-state index >= 15 is 0 Å². The molecular formula is C16H14N2O. The Morgan fingerprint density at radius 1 is 0.947 bits per heavy atom. The highest BCUT2D eigenvalue weighted by Gasteiger charge is 2.01. The molecule has 0 amide bonds. The molecule has 0 unspecified atom stereocenters. The maximum Gasteiger partial charge on any atom is 0.120 e. The van der Waals surface area contributed by atoms with Crippen molar-refractivity contribution in [3.63, 3.8) is 0 Å². The lowest BCUT2D eigenvalue weighted by Crippen LogP contribution is -1.94. The van der Waals surface area contributed by atoms with Crippen LogP contribution in [0.1, 0.15) is 5.56 Å². The van der Waals surface area contributed by atoms with Gasteiger partial charge >= 0.3 is 0 Å². The molecule has 0 saturated heterocycles. The quantitative estimate of drug-likeness (QED) is 0.767. The second kappa shape index (κ2) is 5.40. The molecule has 0 aliphatic heterocycles. The fraction of sp³-hybridized carbons (Fsp3) is 0.0625. The molecule has 0 aliphatic carbocycles. The Morgan fingerprint density at radius 3 is 2.63 bits per heavy atom. The zero-order valence-electron chi connectivity index (χ0n) is 10.4. The topological polar surface area (TPSA) is 37.9 Å². The van der Waals surface area contributed by atoms with Crippen molar-refractivity contribution < 1.29 is 4.74 Å². The first-order chi connectivity index (χ1) is 9.42. The molecule has 19 heavy (non-hydrogen) atoms. The van der Waals surface area contributed by atoms with Crippen molar-refractivity contribution in [2.75, 3.05) is 0 Å². The van der Waals surface area contributed by atoms with Crippen LogP contribution in [0.4, 0.5) is 0 Å². The summed E-state index contributed by atoms with van der Waals surface area (Å²) in [5.74, 6) is 0.863. The lowest BCUT2D eigenvalue weighted by Gasteiger charge is -2.07. The van der Waals surface area contributed by atoms with Crippen LogP contribution in [0.5, 0.6) is 5.75 Å². The van der Waals surface area contributed by atoms with Crippen LogP contribution in [-0.2, 0) is 6.61 Å². The van der Waals surface area contributed by atoms with Gasteiger partial charge in [0.05, 0.1) is 6.20 Å². The number of aromatic nitrogens is 2. The number of H-pyrrole nitrogens is 1. The van der Waals surface area contributed by atoms with Gasteiger partial charge in [0.2, 0.25) is 0 Å². The zero-order chi connectivity index (χ0) is 12.9. The van der Waals surface area contributed by atoms with E-state index < -0.39 is 0 Å². The molecule has 0 radical (unpaired) electrons. The van der Waals surface area contributed by atoms with Crippen LogP contribution in [0.25, 0.3) is 11.1 Å². The van der Waals surface area contributed by atoms with E-state index in [2.05, 4.69) is 22.3 Å². The molecular weight excluding hydrogens is 236 g/mol. The van der Waals surface area contributed by atoms with Gasteiger partial charge in [0.25, 0.3) is 0 Å². The highest BCUT2D eigenvalue weighted by Crippen LogP contribution is 2.23. The third-order valence-corrected chi connectivity index (χ3v) is 2.91. The van der Waals surface area contributed by atoms with Gasteiger partial charge in [-0.05, 0) is 23.3 Å². The molecule has 0 aliphatic rings. The molecule has 3 rings (SSSR count). The molecule has 94 valence electrons. The van der Waals surface area contributed by atoms with Crippen molar-refractivity contribution in [3.8, 4) is 16.9 Å². The molecule has 3 nitrogen and oxygen atoms in total. The summed E-state index contributed by atoms with van der Waals surface area (Å²) < 4.78 is 5.80. The normalized spacial score (nSPS) is 10.3. The second-order valence-corrected chi connectivity index (χ2v) is 4.29. The number of hydrogen-bond donors (Lipinski definition) is 1. The van der Waals surface area contributed by atoms with Gasteiger partial charge in [-0.1, -0.05) is 42.5 Å². The van der Waals surface area contributed by atoms with Crippen molar-refractivity contribution in [1.29, 1.82) is 0 Å². The molecule has 0 fully saturated rings. The Bertz CT molecular complexity index is 633. The van der Waals surface area contributed by atoms with E-state index in [1.165, 1.54) is 0 Å². The largest absolute Gasteiger partial charge is 0.489 e. The third-order valence-electron chi connectivity index (χ3n) is 2.91. The monoisotopic (exact) mass is 250 g/mol. The Hall–Kier alpha value is -2.55. The number of ether oxygens (including phenoxy) is 1. The van der Waals surface area contributed by atoms with Gasteiger partial charge in [0.1, 0.15) is 12.4 Å². The smallest absolute Gasteiger partial charge is 0.120 e. The number of hydrogen-bond acceptors (Lipinski definition) is 2. The van der Waals surface area contributed by atoms with Crippen LogP contribution in [-0.4, -0.2) is 10.2 Å². The van der Waals surface area contributed by atoms with Gasteiger partial charge < -0.3 is 4.74 Å². The van der Waals surface area contributed by atoms with Crippen LogP contribution < -0.4 is 4.74 Å². The Kier molecular flexibility index (Phi) is 3.28. The van der Waals surface area contributed by atoms with Gasteiger partial charge in [-0.25, -0.2) is 0 Å². The molecule has 3 heteroatoms. The fourth-order valence-electron chi connectivity index (χ4n) is 1.92. The van der Waals surface area contributed by atoms with E-state index in [-0.39, 0.29) is 0 Å². The van der Waals surface area contributed by atoms with E-state index in [9.17, 15) is 0 Å². The molecule has 0 spiro atoms. The Balaban J connectivity index is 1.74. The van der Waals surface area contributed by atoms with Crippen molar-refractivity contribution in [1.82, 2.24) is 10.2 Å². The highest BCUT2D eigenvalue weighted by molar-refractivity contribution is 5.63. The van der Waals surface area contributed by atoms with E-state index in [1.54, 1.807) is 6.20 Å². The maximum atomic E-state index is 5.80. The lowest BCUT2D eigenvalue weighted by molar-refractivity contribution is 0.306. The van der Waals surface area contributed by atoms with E-state index in [4.69, 9.17) is 4.74 Å². The van der Waals surface area contributed by atoms with Gasteiger partial charge in [0, 0.05) is 11.8 Å². The van der Waals surface area contributed by atoms with Gasteiger partial charge in [-0.15, -0.1) is 0 Å². The second-order valence-electron chi connectivity index (χ2n) is 4.29. The molecule has 0 atom stereocenters. The number of rotatable bonds is 4. The van der Waals surface area contributed by atoms with Gasteiger partial charge in [-0.2, -0.15) is 5.10 Å². The summed E-state index contributed by atoms with van der Waals surface area (Å²) in [5, 5.41) is 6.77. The fourth-order valence-corrected chi connectivity index (χ4v) is 1.92. The maximum absolute atomic E-state index is 5.80. The SMILES string of the molecule is c1ccc(COc2cccc(-c3cn[nH]c3)c2)cc1. The predicted molar refractivity (Wildman–Crippen MR) is 74.8 cm³/mol. The van der Waals surface area contributed by atoms with E-state index in [1.807, 2.05) is 48.7 Å². The molecule has 1 N–H and O–H groups in total. The van der Waals surface area contributed by atoms with Crippen molar-refractivity contribution in [2.45, 2.75) is 6.61 Å². The highest BCUT2D eigenvalue weighted by atomic mass is 16.5. The summed E-state index contributed by atoms with van der Waals surface area (Å²) in [7, 11) is 0. The van der Waals surface area contributed by atoms with Crippen LogP contribution in [0.15, 0.2) is 67.0 Å². The Morgan fingerprint density at radius 2 is 1.84 bits per heavy atom. The number of nitrogens with one attached hydrogen (secondary N) is 1. The minimum Gasteiger partial charge on any atom is -0.489 e. The van der Waals surface area contributed by atoms with Crippen molar-refractivity contribution in [3.05, 3.63) is 72.6 Å². The van der Waals surface area contributed by atoms with Crippen molar-refractivity contribution in [2.24, 2.45) is 0 Å². The zero-order valence-corrected chi connectivity index (χ0v) is 10.4. The predicted octanol–water partition coefficient (Wildman–Crippen LogP) is 3.66. The minimum absolute atomic E-state index is 0.579. The number of benzene rings is 2. The standard InChI is InChI=1S/C16H14N2O/c1-2-5-13(6-3-1)12-19-16-8-4-7-14(9-16)15-10-17-18-11-15/h1-11H,12H2,(H,17,18). The summed E-state index contributed by atoms with van der Waals surface area (Å²) in [4.78, 5) is 0. The molecule has 1 heterocycles.